The van der Waals surface area contributed by atoms with Gasteiger partial charge in [-0.15, -0.1) is 0 Å². The minimum Gasteiger partial charge on any atom is -0.325 e. The summed E-state index contributed by atoms with van der Waals surface area (Å²) in [5.74, 6) is -1.71. The second kappa shape index (κ2) is 8.21. The molecule has 0 bridgehead atoms. The summed E-state index contributed by atoms with van der Waals surface area (Å²) in [6, 6.07) is 7.66. The lowest BCUT2D eigenvalue weighted by Crippen LogP contribution is -2.49. The van der Waals surface area contributed by atoms with Crippen molar-refractivity contribution < 1.29 is 22.4 Å². The number of hydrogen-bond donors (Lipinski definition) is 0. The number of carbonyl (C=O) groups is 1. The number of benzene rings is 1. The quantitative estimate of drug-likeness (QED) is 0.516. The maximum Gasteiger partial charge on any atom is 0.391 e. The van der Waals surface area contributed by atoms with Crippen LogP contribution in [0.5, 0.6) is 0 Å². The van der Waals surface area contributed by atoms with Gasteiger partial charge in [-0.3, -0.25) is 0 Å². The Hall–Kier alpha value is -2.56. The van der Waals surface area contributed by atoms with Gasteiger partial charge in [0.15, 0.2) is 0 Å². The largest absolute Gasteiger partial charge is 0.391 e. The van der Waals surface area contributed by atoms with Gasteiger partial charge in [0.2, 0.25) is 0 Å². The Balaban J connectivity index is 1.60. The number of amides is 2. The predicted octanol–water partition coefficient (Wildman–Crippen LogP) is 4.59. The van der Waals surface area contributed by atoms with Crippen LogP contribution in [0.15, 0.2) is 29.8 Å². The molecule has 0 N–H and O–H groups in total. The van der Waals surface area contributed by atoms with Crippen molar-refractivity contribution in [2.75, 3.05) is 26.2 Å². The van der Waals surface area contributed by atoms with E-state index in [4.69, 9.17) is 0 Å². The van der Waals surface area contributed by atoms with Crippen molar-refractivity contribution in [3.8, 4) is 6.07 Å². The molecular formula is C20H21F4N3O. The number of carbonyl (C=O) groups excluding carboxylic acids is 1. The van der Waals surface area contributed by atoms with Crippen molar-refractivity contribution in [1.82, 2.24) is 9.80 Å². The molecule has 1 aromatic carbocycles. The lowest BCUT2D eigenvalue weighted by Gasteiger charge is -2.38. The molecular weight excluding hydrogens is 374 g/mol. The zero-order chi connectivity index (χ0) is 20.3. The molecule has 0 atom stereocenters. The Morgan fingerprint density at radius 3 is 2.04 bits per heavy atom. The van der Waals surface area contributed by atoms with E-state index in [1.54, 1.807) is 17.0 Å². The second-order valence-electron chi connectivity index (χ2n) is 7.17. The number of halogens is 4. The third kappa shape index (κ3) is 4.46. The van der Waals surface area contributed by atoms with E-state index in [-0.39, 0.29) is 37.8 Å². The number of rotatable bonds is 1. The third-order valence-electron chi connectivity index (χ3n) is 5.46. The first-order chi connectivity index (χ1) is 13.3. The number of nitrogens with zero attached hydrogens (tertiary/aromatic N) is 3. The molecule has 2 aliphatic heterocycles. The number of nitriles is 1. The van der Waals surface area contributed by atoms with Crippen LogP contribution in [-0.2, 0) is 0 Å². The van der Waals surface area contributed by atoms with Crippen molar-refractivity contribution in [2.45, 2.75) is 31.9 Å². The Morgan fingerprint density at radius 2 is 1.54 bits per heavy atom. The number of piperidine rings is 2. The van der Waals surface area contributed by atoms with Crippen LogP contribution in [0.4, 0.5) is 22.4 Å². The summed E-state index contributed by atoms with van der Waals surface area (Å²) in [5.41, 5.74) is 2.06. The number of hydrogen-bond acceptors (Lipinski definition) is 2. The van der Waals surface area contributed by atoms with E-state index in [9.17, 15) is 27.6 Å². The van der Waals surface area contributed by atoms with Gasteiger partial charge < -0.3 is 9.80 Å². The van der Waals surface area contributed by atoms with Crippen LogP contribution in [0, 0.1) is 23.1 Å². The zero-order valence-corrected chi connectivity index (χ0v) is 15.3. The van der Waals surface area contributed by atoms with Crippen LogP contribution >= 0.6 is 0 Å². The van der Waals surface area contributed by atoms with Crippen LogP contribution in [0.2, 0.25) is 0 Å². The van der Waals surface area contributed by atoms with Crippen LogP contribution in [0.1, 0.15) is 31.2 Å². The first-order valence-electron chi connectivity index (χ1n) is 9.28. The van der Waals surface area contributed by atoms with E-state index in [1.807, 2.05) is 0 Å². The Morgan fingerprint density at radius 1 is 1.00 bits per heavy atom. The highest BCUT2D eigenvalue weighted by Gasteiger charge is 2.42. The maximum atomic E-state index is 13.1. The SMILES string of the molecule is N#CC(=C1CCN(C(=O)N2CCC(C(F)(F)F)CC2)CC1)c1ccc(F)cc1. The molecule has 8 heteroatoms. The Labute approximate surface area is 161 Å². The van der Waals surface area contributed by atoms with Gasteiger partial charge in [0.05, 0.1) is 17.6 Å². The molecule has 1 aromatic rings. The average molecular weight is 395 g/mol. The number of allylic oxidation sites excluding steroid dienone is 1. The molecule has 28 heavy (non-hydrogen) atoms. The van der Waals surface area contributed by atoms with Crippen molar-refractivity contribution >= 4 is 11.6 Å². The Bertz CT molecular complexity index is 777. The van der Waals surface area contributed by atoms with E-state index < -0.39 is 12.1 Å². The highest BCUT2D eigenvalue weighted by Crippen LogP contribution is 2.34. The van der Waals surface area contributed by atoms with Crippen LogP contribution < -0.4 is 0 Å². The van der Waals surface area contributed by atoms with Crippen molar-refractivity contribution in [3.63, 3.8) is 0 Å². The Kier molecular flexibility index (Phi) is 5.92. The van der Waals surface area contributed by atoms with E-state index >= 15 is 0 Å². The van der Waals surface area contributed by atoms with E-state index in [2.05, 4.69) is 6.07 Å². The minimum absolute atomic E-state index is 0.0582. The topological polar surface area (TPSA) is 47.3 Å². The lowest BCUT2D eigenvalue weighted by atomic mass is 9.93. The lowest BCUT2D eigenvalue weighted by molar-refractivity contribution is -0.183. The highest BCUT2D eigenvalue weighted by molar-refractivity contribution is 5.80. The molecule has 2 saturated heterocycles. The number of likely N-dealkylation sites (tertiary alicyclic amines) is 2. The molecule has 0 radical (unpaired) electrons. The average Bonchev–Trinajstić information content (AvgIpc) is 2.69. The number of alkyl halides is 3. The fraction of sp³-hybridized carbons (Fsp3) is 0.500. The molecule has 0 saturated carbocycles. The van der Waals surface area contributed by atoms with Crippen LogP contribution in [0.3, 0.4) is 0 Å². The maximum absolute atomic E-state index is 13.1. The van der Waals surface area contributed by atoms with E-state index in [0.29, 0.717) is 37.1 Å². The van der Waals surface area contributed by atoms with Gasteiger partial charge in [0, 0.05) is 26.2 Å². The molecule has 4 nitrogen and oxygen atoms in total. The molecule has 3 rings (SSSR count). The summed E-state index contributed by atoms with van der Waals surface area (Å²) in [5, 5.41) is 9.49. The van der Waals surface area contributed by atoms with Gasteiger partial charge in [-0.25, -0.2) is 9.18 Å². The molecule has 150 valence electrons. The van der Waals surface area contributed by atoms with E-state index in [1.165, 1.54) is 17.0 Å². The minimum atomic E-state index is -4.20. The summed E-state index contributed by atoms with van der Waals surface area (Å²) in [6.45, 7) is 1.06. The zero-order valence-electron chi connectivity index (χ0n) is 15.3. The molecule has 0 aromatic heterocycles. The van der Waals surface area contributed by atoms with Crippen LogP contribution in [-0.4, -0.2) is 48.2 Å². The number of urea groups is 1. The first kappa shape index (κ1) is 20.2. The summed E-state index contributed by atoms with van der Waals surface area (Å²) < 4.78 is 51.4. The fourth-order valence-corrected chi connectivity index (χ4v) is 3.78. The molecule has 0 unspecified atom stereocenters. The smallest absolute Gasteiger partial charge is 0.325 e. The standard InChI is InChI=1S/C20H21F4N3O/c21-17-3-1-14(2-4-17)18(13-25)15-5-9-26(10-6-15)19(28)27-11-7-16(8-12-27)20(22,23)24/h1-4,16H,5-12H2. The van der Waals surface area contributed by atoms with Gasteiger partial charge >= 0.3 is 12.2 Å². The van der Waals surface area contributed by atoms with Gasteiger partial charge in [0.25, 0.3) is 0 Å². The van der Waals surface area contributed by atoms with Gasteiger partial charge in [-0.2, -0.15) is 18.4 Å². The molecule has 2 amide bonds. The van der Waals surface area contributed by atoms with E-state index in [0.717, 1.165) is 5.57 Å². The summed E-state index contributed by atoms with van der Waals surface area (Å²) >= 11 is 0. The highest BCUT2D eigenvalue weighted by atomic mass is 19.4. The molecule has 0 spiro atoms. The first-order valence-corrected chi connectivity index (χ1v) is 9.28. The van der Waals surface area contributed by atoms with Crippen molar-refractivity contribution in [3.05, 3.63) is 41.2 Å². The summed E-state index contributed by atoms with van der Waals surface area (Å²) in [4.78, 5) is 15.7. The molecule has 2 aliphatic rings. The summed E-state index contributed by atoms with van der Waals surface area (Å²) in [7, 11) is 0. The predicted molar refractivity (Wildman–Crippen MR) is 95.5 cm³/mol. The molecule has 0 aliphatic carbocycles. The van der Waals surface area contributed by atoms with Gasteiger partial charge in [-0.1, -0.05) is 12.1 Å². The van der Waals surface area contributed by atoms with Crippen molar-refractivity contribution in [1.29, 1.82) is 5.26 Å². The van der Waals surface area contributed by atoms with Crippen LogP contribution in [0.25, 0.3) is 5.57 Å². The molecule has 2 heterocycles. The van der Waals surface area contributed by atoms with Gasteiger partial charge in [-0.05, 0) is 49.0 Å². The third-order valence-corrected chi connectivity index (χ3v) is 5.46. The second-order valence-corrected chi connectivity index (χ2v) is 7.17. The van der Waals surface area contributed by atoms with Crippen molar-refractivity contribution in [2.24, 2.45) is 5.92 Å². The monoisotopic (exact) mass is 395 g/mol. The van der Waals surface area contributed by atoms with Gasteiger partial charge in [0.1, 0.15) is 5.82 Å². The normalized spacial score (nSPS) is 18.8. The molecule has 2 fully saturated rings. The summed E-state index contributed by atoms with van der Waals surface area (Å²) in [6.07, 6.45) is -3.28. The fourth-order valence-electron chi connectivity index (χ4n) is 3.78.